The van der Waals surface area contributed by atoms with Crippen molar-refractivity contribution in [2.45, 2.75) is 32.9 Å². The maximum absolute atomic E-state index is 11.6. The third-order valence-corrected chi connectivity index (χ3v) is 2.68. The molecule has 2 rings (SSSR count). The topological polar surface area (TPSA) is 54.1 Å². The Kier molecular flexibility index (Phi) is 3.90. The van der Waals surface area contributed by atoms with Crippen LogP contribution < -0.4 is 5.32 Å². The Labute approximate surface area is 113 Å². The number of rotatable bonds is 4. The molecule has 1 aromatic heterocycles. The summed E-state index contributed by atoms with van der Waals surface area (Å²) in [5.74, 6) is -0.229. The molecule has 4 heteroatoms. The van der Waals surface area contributed by atoms with Crippen molar-refractivity contribution in [3.8, 4) is 0 Å². The zero-order valence-corrected chi connectivity index (χ0v) is 11.6. The summed E-state index contributed by atoms with van der Waals surface area (Å²) in [5.41, 5.74) is 1.83. The Morgan fingerprint density at radius 1 is 1.32 bits per heavy atom. The van der Waals surface area contributed by atoms with Gasteiger partial charge in [-0.25, -0.2) is 0 Å². The van der Waals surface area contributed by atoms with E-state index in [1.54, 1.807) is 0 Å². The van der Waals surface area contributed by atoms with E-state index in [0.29, 0.717) is 6.54 Å². The molecule has 1 aromatic carbocycles. The fourth-order valence-electron chi connectivity index (χ4n) is 1.95. The highest BCUT2D eigenvalue weighted by Gasteiger charge is 2.15. The van der Waals surface area contributed by atoms with Gasteiger partial charge in [-0.3, -0.25) is 4.79 Å². The van der Waals surface area contributed by atoms with Crippen LogP contribution in [0.15, 0.2) is 30.5 Å². The van der Waals surface area contributed by atoms with Crippen LogP contribution in [0.25, 0.3) is 10.9 Å². The van der Waals surface area contributed by atoms with Crippen LogP contribution >= 0.6 is 0 Å². The second-order valence-electron chi connectivity index (χ2n) is 5.55. The van der Waals surface area contributed by atoms with E-state index in [4.69, 9.17) is 4.74 Å². The number of fused-ring (bicyclic) bond motifs is 1. The third-order valence-electron chi connectivity index (χ3n) is 2.68. The van der Waals surface area contributed by atoms with Gasteiger partial charge in [-0.15, -0.1) is 0 Å². The Morgan fingerprint density at radius 2 is 2.05 bits per heavy atom. The Hall–Kier alpha value is -1.81. The zero-order chi connectivity index (χ0) is 13.9. The Balaban J connectivity index is 1.88. The average molecular weight is 260 g/mol. The normalized spacial score (nSPS) is 11.7. The summed E-state index contributed by atoms with van der Waals surface area (Å²) in [6.45, 7) is 6.46. The fraction of sp³-hybridized carbons (Fsp3) is 0.400. The molecular weight excluding hydrogens is 240 g/mol. The Morgan fingerprint density at radius 3 is 2.79 bits per heavy atom. The first-order valence-electron chi connectivity index (χ1n) is 6.43. The lowest BCUT2D eigenvalue weighted by atomic mass is 10.2. The maximum atomic E-state index is 11.6. The number of carbonyl (C=O) groups is 1. The van der Waals surface area contributed by atoms with Gasteiger partial charge in [-0.2, -0.15) is 0 Å². The van der Waals surface area contributed by atoms with Gasteiger partial charge in [0, 0.05) is 23.6 Å². The minimum Gasteiger partial charge on any atom is -0.459 e. The lowest BCUT2D eigenvalue weighted by Gasteiger charge is -2.19. The minimum absolute atomic E-state index is 0.219. The molecule has 0 unspecified atom stereocenters. The van der Waals surface area contributed by atoms with Gasteiger partial charge in [0.2, 0.25) is 0 Å². The molecule has 0 aliphatic carbocycles. The summed E-state index contributed by atoms with van der Waals surface area (Å²) >= 11 is 0. The van der Waals surface area contributed by atoms with Gasteiger partial charge >= 0.3 is 5.97 Å². The van der Waals surface area contributed by atoms with Crippen molar-refractivity contribution in [1.82, 2.24) is 10.3 Å². The molecule has 19 heavy (non-hydrogen) atoms. The van der Waals surface area contributed by atoms with E-state index >= 15 is 0 Å². The molecule has 0 spiro atoms. The third kappa shape index (κ3) is 3.83. The van der Waals surface area contributed by atoms with Crippen molar-refractivity contribution in [3.05, 3.63) is 36.0 Å². The summed E-state index contributed by atoms with van der Waals surface area (Å²) in [5, 5.41) is 4.29. The SMILES string of the molecule is CC(C)(C)OC(=O)CNCc1c[nH]c2ccccc12. The molecule has 2 N–H and O–H groups in total. The number of nitrogens with one attached hydrogen (secondary N) is 2. The van der Waals surface area contributed by atoms with Gasteiger partial charge in [0.05, 0.1) is 6.54 Å². The molecule has 4 nitrogen and oxygen atoms in total. The molecule has 1 heterocycles. The summed E-state index contributed by atoms with van der Waals surface area (Å²) in [4.78, 5) is 14.8. The number of para-hydroxylation sites is 1. The molecule has 0 saturated heterocycles. The van der Waals surface area contributed by atoms with Crippen molar-refractivity contribution in [2.75, 3.05) is 6.54 Å². The summed E-state index contributed by atoms with van der Waals surface area (Å²) in [6.07, 6.45) is 1.97. The lowest BCUT2D eigenvalue weighted by molar-refractivity contribution is -0.153. The number of H-pyrrole nitrogens is 1. The quantitative estimate of drug-likeness (QED) is 0.831. The minimum atomic E-state index is -0.431. The number of carbonyl (C=O) groups excluding carboxylic acids is 1. The molecule has 0 aliphatic heterocycles. The van der Waals surface area contributed by atoms with E-state index < -0.39 is 5.60 Å². The standard InChI is InChI=1S/C15H20N2O2/c1-15(2,3)19-14(18)10-16-8-11-9-17-13-7-5-4-6-12(11)13/h4-7,9,16-17H,8,10H2,1-3H3. The maximum Gasteiger partial charge on any atom is 0.320 e. The first-order valence-corrected chi connectivity index (χ1v) is 6.43. The highest BCUT2D eigenvalue weighted by molar-refractivity contribution is 5.83. The average Bonchev–Trinajstić information content (AvgIpc) is 2.70. The molecule has 0 aliphatic rings. The molecule has 102 valence electrons. The van der Waals surface area contributed by atoms with Crippen LogP contribution in [-0.2, 0) is 16.1 Å². The molecular formula is C15H20N2O2. The van der Waals surface area contributed by atoms with E-state index in [1.165, 1.54) is 5.39 Å². The monoisotopic (exact) mass is 260 g/mol. The van der Waals surface area contributed by atoms with Crippen molar-refractivity contribution in [3.63, 3.8) is 0 Å². The number of aromatic amines is 1. The van der Waals surface area contributed by atoms with Gasteiger partial charge in [0.15, 0.2) is 0 Å². The smallest absolute Gasteiger partial charge is 0.320 e. The highest BCUT2D eigenvalue weighted by atomic mass is 16.6. The van der Waals surface area contributed by atoms with E-state index in [9.17, 15) is 4.79 Å². The van der Waals surface area contributed by atoms with E-state index in [0.717, 1.165) is 11.1 Å². The second-order valence-corrected chi connectivity index (χ2v) is 5.55. The van der Waals surface area contributed by atoms with Crippen LogP contribution in [0.4, 0.5) is 0 Å². The zero-order valence-electron chi connectivity index (χ0n) is 11.6. The lowest BCUT2D eigenvalue weighted by Crippen LogP contribution is -2.31. The van der Waals surface area contributed by atoms with E-state index in [2.05, 4.69) is 16.4 Å². The molecule has 2 aromatic rings. The van der Waals surface area contributed by atoms with Gasteiger partial charge in [-0.1, -0.05) is 18.2 Å². The van der Waals surface area contributed by atoms with Gasteiger partial charge in [0.25, 0.3) is 0 Å². The summed E-state index contributed by atoms with van der Waals surface area (Å²) < 4.78 is 5.24. The van der Waals surface area contributed by atoms with Crippen LogP contribution in [0.3, 0.4) is 0 Å². The van der Waals surface area contributed by atoms with Crippen molar-refractivity contribution in [1.29, 1.82) is 0 Å². The van der Waals surface area contributed by atoms with Crippen LogP contribution in [0, 0.1) is 0 Å². The second kappa shape index (κ2) is 5.45. The Bertz CT molecular complexity index is 567. The largest absolute Gasteiger partial charge is 0.459 e. The van der Waals surface area contributed by atoms with Crippen LogP contribution in [0.5, 0.6) is 0 Å². The number of hydrogen-bond donors (Lipinski definition) is 2. The molecule has 0 atom stereocenters. The predicted molar refractivity (Wildman–Crippen MR) is 75.9 cm³/mol. The predicted octanol–water partition coefficient (Wildman–Crippen LogP) is 2.60. The van der Waals surface area contributed by atoms with Crippen LogP contribution in [-0.4, -0.2) is 23.1 Å². The number of benzene rings is 1. The molecule has 0 fully saturated rings. The van der Waals surface area contributed by atoms with E-state index in [1.807, 2.05) is 45.2 Å². The summed E-state index contributed by atoms with van der Waals surface area (Å²) in [6, 6.07) is 8.10. The molecule has 0 saturated carbocycles. The fourth-order valence-corrected chi connectivity index (χ4v) is 1.95. The number of ether oxygens (including phenoxy) is 1. The number of aromatic nitrogens is 1. The molecule has 0 bridgehead atoms. The van der Waals surface area contributed by atoms with Crippen LogP contribution in [0.2, 0.25) is 0 Å². The highest BCUT2D eigenvalue weighted by Crippen LogP contribution is 2.17. The van der Waals surface area contributed by atoms with Gasteiger partial charge in [-0.05, 0) is 32.4 Å². The first kappa shape index (κ1) is 13.6. The summed E-state index contributed by atoms with van der Waals surface area (Å²) in [7, 11) is 0. The van der Waals surface area contributed by atoms with Crippen molar-refractivity contribution < 1.29 is 9.53 Å². The van der Waals surface area contributed by atoms with E-state index in [-0.39, 0.29) is 12.5 Å². The molecule has 0 radical (unpaired) electrons. The van der Waals surface area contributed by atoms with Gasteiger partial charge in [0.1, 0.15) is 5.60 Å². The first-order chi connectivity index (χ1) is 8.96. The number of esters is 1. The van der Waals surface area contributed by atoms with Crippen LogP contribution in [0.1, 0.15) is 26.3 Å². The number of hydrogen-bond acceptors (Lipinski definition) is 3. The van der Waals surface area contributed by atoms with Gasteiger partial charge < -0.3 is 15.0 Å². The molecule has 0 amide bonds. The van der Waals surface area contributed by atoms with Crippen molar-refractivity contribution in [2.24, 2.45) is 0 Å². The van der Waals surface area contributed by atoms with Crippen molar-refractivity contribution >= 4 is 16.9 Å².